The molecule has 0 aliphatic heterocycles. The largest absolute Gasteiger partial charge is 0.494 e. The van der Waals surface area contributed by atoms with Crippen molar-refractivity contribution in [3.8, 4) is 5.75 Å². The number of fused-ring (bicyclic) bond motifs is 1. The normalized spacial score (nSPS) is 10.9. The Morgan fingerprint density at radius 3 is 2.59 bits per heavy atom. The molecule has 0 aliphatic carbocycles. The van der Waals surface area contributed by atoms with Crippen molar-refractivity contribution in [1.82, 2.24) is 4.98 Å². The average molecular weight is 393 g/mol. The number of hydrogen-bond acceptors (Lipinski definition) is 5. The van der Waals surface area contributed by atoms with Gasteiger partial charge in [0.25, 0.3) is 5.91 Å². The van der Waals surface area contributed by atoms with Crippen molar-refractivity contribution in [3.05, 3.63) is 59.3 Å². The van der Waals surface area contributed by atoms with Crippen LogP contribution in [0.3, 0.4) is 0 Å². The van der Waals surface area contributed by atoms with E-state index >= 15 is 0 Å². The highest BCUT2D eigenvalue weighted by atomic mass is 16.5. The standard InChI is InChI=1S/C23H27N3O3/c1-3-15-7-9-17(10-8-15)26-22-18-12-16(6-5-11-27)21(29-4-2)13-20(18)25-14-19(22)23(24)28/h7-10,12-14,27H,3-6,11H2,1-2H3,(H2,24,28)(H,25,26). The number of carbonyl (C=O) groups is 1. The molecule has 0 saturated carbocycles. The zero-order valence-electron chi connectivity index (χ0n) is 16.9. The molecule has 0 radical (unpaired) electrons. The van der Waals surface area contributed by atoms with Crippen molar-refractivity contribution in [2.24, 2.45) is 5.73 Å². The number of aryl methyl sites for hydroxylation is 2. The van der Waals surface area contributed by atoms with Crippen molar-refractivity contribution < 1.29 is 14.6 Å². The van der Waals surface area contributed by atoms with Crippen LogP contribution in [0, 0.1) is 0 Å². The molecule has 0 fully saturated rings. The quantitative estimate of drug-likeness (QED) is 0.511. The Morgan fingerprint density at radius 1 is 1.21 bits per heavy atom. The van der Waals surface area contributed by atoms with Gasteiger partial charge in [-0.05, 0) is 55.5 Å². The molecule has 1 aromatic heterocycles. The number of aliphatic hydroxyl groups is 1. The highest BCUT2D eigenvalue weighted by molar-refractivity contribution is 6.07. The number of aromatic nitrogens is 1. The third-order valence-corrected chi connectivity index (χ3v) is 4.85. The van der Waals surface area contributed by atoms with E-state index in [0.717, 1.165) is 28.8 Å². The number of anilines is 2. The second-order valence-electron chi connectivity index (χ2n) is 6.82. The lowest BCUT2D eigenvalue weighted by Gasteiger charge is -2.16. The van der Waals surface area contributed by atoms with Gasteiger partial charge in [0.15, 0.2) is 0 Å². The van der Waals surface area contributed by atoms with Crippen LogP contribution in [-0.2, 0) is 12.8 Å². The number of nitrogens with one attached hydrogen (secondary N) is 1. The fourth-order valence-corrected chi connectivity index (χ4v) is 3.31. The number of pyridine rings is 1. The molecular weight excluding hydrogens is 366 g/mol. The third kappa shape index (κ3) is 4.66. The molecule has 4 N–H and O–H groups in total. The summed E-state index contributed by atoms with van der Waals surface area (Å²) in [7, 11) is 0. The summed E-state index contributed by atoms with van der Waals surface area (Å²) >= 11 is 0. The topological polar surface area (TPSA) is 97.5 Å². The smallest absolute Gasteiger partial charge is 0.252 e. The summed E-state index contributed by atoms with van der Waals surface area (Å²) in [6, 6.07) is 11.9. The predicted octanol–water partition coefficient (Wildman–Crippen LogP) is 3.96. The van der Waals surface area contributed by atoms with Crippen LogP contribution in [0.2, 0.25) is 0 Å². The summed E-state index contributed by atoms with van der Waals surface area (Å²) in [5.41, 5.74) is 10.3. The van der Waals surface area contributed by atoms with Gasteiger partial charge in [0.05, 0.1) is 23.4 Å². The van der Waals surface area contributed by atoms with Crippen molar-refractivity contribution >= 4 is 28.2 Å². The van der Waals surface area contributed by atoms with Gasteiger partial charge in [0.2, 0.25) is 0 Å². The van der Waals surface area contributed by atoms with Gasteiger partial charge in [0, 0.05) is 29.9 Å². The molecule has 0 spiro atoms. The summed E-state index contributed by atoms with van der Waals surface area (Å²) < 4.78 is 5.77. The van der Waals surface area contributed by atoms with Crippen molar-refractivity contribution in [1.29, 1.82) is 0 Å². The Balaban J connectivity index is 2.14. The van der Waals surface area contributed by atoms with Crippen LogP contribution in [0.25, 0.3) is 10.9 Å². The molecule has 0 saturated heterocycles. The second kappa shape index (κ2) is 9.39. The number of nitrogens with two attached hydrogens (primary N) is 1. The lowest BCUT2D eigenvalue weighted by Crippen LogP contribution is -2.14. The molecule has 0 aliphatic rings. The Labute approximate surface area is 170 Å². The van der Waals surface area contributed by atoms with E-state index in [-0.39, 0.29) is 6.61 Å². The monoisotopic (exact) mass is 393 g/mol. The Hall–Kier alpha value is -3.12. The van der Waals surface area contributed by atoms with Crippen LogP contribution in [-0.4, -0.2) is 29.2 Å². The lowest BCUT2D eigenvalue weighted by atomic mass is 10.0. The van der Waals surface area contributed by atoms with Gasteiger partial charge >= 0.3 is 0 Å². The maximum Gasteiger partial charge on any atom is 0.252 e. The summed E-state index contributed by atoms with van der Waals surface area (Å²) in [5, 5.41) is 13.4. The first-order valence-corrected chi connectivity index (χ1v) is 9.92. The fraction of sp³-hybridized carbons (Fsp3) is 0.304. The van der Waals surface area contributed by atoms with Crippen molar-refractivity contribution in [2.45, 2.75) is 33.1 Å². The second-order valence-corrected chi connectivity index (χ2v) is 6.82. The number of rotatable bonds is 9. The molecule has 0 bridgehead atoms. The molecule has 0 unspecified atom stereocenters. The number of benzene rings is 2. The molecule has 1 heterocycles. The highest BCUT2D eigenvalue weighted by Crippen LogP contribution is 2.34. The molecule has 6 nitrogen and oxygen atoms in total. The van der Waals surface area contributed by atoms with Crippen LogP contribution in [0.1, 0.15) is 41.8 Å². The van der Waals surface area contributed by atoms with Crippen LogP contribution in [0.15, 0.2) is 42.6 Å². The van der Waals surface area contributed by atoms with E-state index in [1.807, 2.05) is 31.2 Å². The average Bonchev–Trinajstić information content (AvgIpc) is 2.73. The van der Waals surface area contributed by atoms with Gasteiger partial charge in [-0.25, -0.2) is 0 Å². The van der Waals surface area contributed by atoms with Gasteiger partial charge in [0.1, 0.15) is 5.75 Å². The molecule has 152 valence electrons. The van der Waals surface area contributed by atoms with Gasteiger partial charge in [-0.2, -0.15) is 0 Å². The Morgan fingerprint density at radius 2 is 1.97 bits per heavy atom. The lowest BCUT2D eigenvalue weighted by molar-refractivity contribution is 0.100. The summed E-state index contributed by atoms with van der Waals surface area (Å²) in [6.45, 7) is 4.66. The Kier molecular flexibility index (Phi) is 6.67. The van der Waals surface area contributed by atoms with E-state index in [2.05, 4.69) is 29.4 Å². The minimum atomic E-state index is -0.544. The van der Waals surface area contributed by atoms with Crippen LogP contribution in [0.5, 0.6) is 5.75 Å². The van der Waals surface area contributed by atoms with Crippen molar-refractivity contribution in [3.63, 3.8) is 0 Å². The van der Waals surface area contributed by atoms with E-state index < -0.39 is 5.91 Å². The number of hydrogen-bond donors (Lipinski definition) is 3. The minimum absolute atomic E-state index is 0.0953. The van der Waals surface area contributed by atoms with Crippen LogP contribution < -0.4 is 15.8 Å². The number of ether oxygens (including phenoxy) is 1. The molecule has 3 aromatic rings. The van der Waals surface area contributed by atoms with Crippen LogP contribution >= 0.6 is 0 Å². The predicted molar refractivity (Wildman–Crippen MR) is 116 cm³/mol. The first kappa shape index (κ1) is 20.6. The van der Waals surface area contributed by atoms with Gasteiger partial charge < -0.3 is 20.9 Å². The van der Waals surface area contributed by atoms with E-state index in [4.69, 9.17) is 10.5 Å². The SMILES string of the molecule is CCOc1cc2ncc(C(N)=O)c(Nc3ccc(CC)cc3)c2cc1CCCO. The summed E-state index contributed by atoms with van der Waals surface area (Å²) in [5.74, 6) is 0.198. The first-order valence-electron chi connectivity index (χ1n) is 9.92. The van der Waals surface area contributed by atoms with E-state index in [1.54, 1.807) is 0 Å². The van der Waals surface area contributed by atoms with Gasteiger partial charge in [-0.3, -0.25) is 9.78 Å². The number of aliphatic hydroxyl groups excluding tert-OH is 1. The highest BCUT2D eigenvalue weighted by Gasteiger charge is 2.16. The zero-order chi connectivity index (χ0) is 20.8. The van der Waals surface area contributed by atoms with E-state index in [0.29, 0.717) is 36.2 Å². The first-order chi connectivity index (χ1) is 14.1. The molecule has 1 amide bonds. The molecular formula is C23H27N3O3. The number of carbonyl (C=O) groups excluding carboxylic acids is 1. The summed E-state index contributed by atoms with van der Waals surface area (Å²) in [6.07, 6.45) is 3.74. The van der Waals surface area contributed by atoms with Gasteiger partial charge in [-0.1, -0.05) is 19.1 Å². The molecule has 0 atom stereocenters. The fourth-order valence-electron chi connectivity index (χ4n) is 3.31. The van der Waals surface area contributed by atoms with E-state index in [1.165, 1.54) is 11.8 Å². The molecule has 29 heavy (non-hydrogen) atoms. The Bertz CT molecular complexity index is 1000. The summed E-state index contributed by atoms with van der Waals surface area (Å²) in [4.78, 5) is 16.5. The number of primary amides is 1. The number of amides is 1. The third-order valence-electron chi connectivity index (χ3n) is 4.85. The van der Waals surface area contributed by atoms with Crippen molar-refractivity contribution in [2.75, 3.05) is 18.5 Å². The minimum Gasteiger partial charge on any atom is -0.494 e. The van der Waals surface area contributed by atoms with Gasteiger partial charge in [-0.15, -0.1) is 0 Å². The maximum atomic E-state index is 12.1. The maximum absolute atomic E-state index is 12.1. The molecule has 3 rings (SSSR count). The molecule has 2 aromatic carbocycles. The zero-order valence-corrected chi connectivity index (χ0v) is 16.9. The van der Waals surface area contributed by atoms with Crippen LogP contribution in [0.4, 0.5) is 11.4 Å². The molecule has 6 heteroatoms. The van der Waals surface area contributed by atoms with E-state index in [9.17, 15) is 9.90 Å². The number of nitrogens with zero attached hydrogens (tertiary/aromatic N) is 1.